The zero-order chi connectivity index (χ0) is 48.4. The molecule has 0 unspecified atom stereocenters. The highest BCUT2D eigenvalue weighted by molar-refractivity contribution is 6.74. The van der Waals surface area contributed by atoms with Crippen LogP contribution in [0, 0.1) is 0 Å². The van der Waals surface area contributed by atoms with Crippen LogP contribution in [0.4, 0.5) is 0 Å². The van der Waals surface area contributed by atoms with E-state index in [1.165, 1.54) is 5.56 Å². The van der Waals surface area contributed by atoms with Crippen molar-refractivity contribution in [3.05, 3.63) is 71.8 Å². The Hall–Kier alpha value is -2.11. The molecule has 0 radical (unpaired) electrons. The van der Waals surface area contributed by atoms with Crippen LogP contribution in [0.1, 0.15) is 137 Å². The van der Waals surface area contributed by atoms with E-state index in [1.807, 2.05) is 12.1 Å². The summed E-state index contributed by atoms with van der Waals surface area (Å²) in [4.78, 5) is 13.5. The standard InChI is InChI=1S/C56H82O12Si/c1-52(2,3)69(8,9)60-34-46-39(57)22-23-41-43(63-46)29-48-55(6,66-41)35-54(5)47(65-48)25-24-40-44(67-54)28-42-45(62-40)31-53(4)49(64-42)30-51-56(7,68-53)50(59-33-37-19-14-11-15-20-37)27-38(61-51)21-16-26-58-32-36-17-12-10-13-18-36/h10-15,17-20,38,40-51H,16,21-35H2,1-9H3/t38-,40+,41+,42+,43-,44-,45-,46+,47-,48+,49-,50-,51+,53+,54+,55-,56-/m0/s1. The van der Waals surface area contributed by atoms with E-state index in [1.54, 1.807) is 0 Å². The van der Waals surface area contributed by atoms with E-state index >= 15 is 0 Å². The first-order valence-electron chi connectivity index (χ1n) is 26.6. The number of carbonyl (C=O) groups excluding carboxylic acids is 1. The van der Waals surface area contributed by atoms with Crippen LogP contribution in [0.2, 0.25) is 18.1 Å². The molecule has 12 nitrogen and oxygen atoms in total. The molecule has 0 spiro atoms. The number of hydrogen-bond acceptors (Lipinski definition) is 12. The van der Waals surface area contributed by atoms with Crippen molar-refractivity contribution in [2.24, 2.45) is 0 Å². The van der Waals surface area contributed by atoms with Crippen molar-refractivity contribution in [2.75, 3.05) is 13.2 Å². The molecule has 17 atom stereocenters. The minimum atomic E-state index is -2.07. The summed E-state index contributed by atoms with van der Waals surface area (Å²) in [7, 11) is -2.07. The van der Waals surface area contributed by atoms with Gasteiger partial charge in [0, 0.05) is 51.6 Å². The summed E-state index contributed by atoms with van der Waals surface area (Å²) in [6, 6.07) is 20.7. The van der Waals surface area contributed by atoms with Gasteiger partial charge in [-0.15, -0.1) is 0 Å². The second-order valence-corrected chi connectivity index (χ2v) is 29.2. The van der Waals surface area contributed by atoms with Crippen LogP contribution in [0.15, 0.2) is 60.7 Å². The van der Waals surface area contributed by atoms with E-state index in [0.29, 0.717) is 58.5 Å². The quantitative estimate of drug-likeness (QED) is 0.149. The molecular weight excluding hydrogens is 893 g/mol. The fraction of sp³-hybridized carbons (Fsp3) is 0.768. The first kappa shape index (κ1) is 50.4. The average molecular weight is 975 g/mol. The van der Waals surface area contributed by atoms with Crippen LogP contribution in [0.25, 0.3) is 0 Å². The fourth-order valence-corrected chi connectivity index (χ4v) is 14.0. The van der Waals surface area contributed by atoms with Gasteiger partial charge < -0.3 is 51.8 Å². The van der Waals surface area contributed by atoms with Gasteiger partial charge in [-0.2, -0.15) is 0 Å². The van der Waals surface area contributed by atoms with Gasteiger partial charge in [0.15, 0.2) is 14.1 Å². The fourth-order valence-electron chi connectivity index (χ4n) is 13.0. The Kier molecular flexibility index (Phi) is 14.3. The molecule has 8 saturated heterocycles. The molecule has 13 heteroatoms. The van der Waals surface area contributed by atoms with Crippen LogP contribution < -0.4 is 0 Å². The highest BCUT2D eigenvalue weighted by atomic mass is 28.4. The molecular formula is C56H82O12Si. The summed E-state index contributed by atoms with van der Waals surface area (Å²) in [5.74, 6) is 0.102. The Morgan fingerprint density at radius 3 is 2.07 bits per heavy atom. The Balaban J connectivity index is 0.793. The average Bonchev–Trinajstić information content (AvgIpc) is 3.53. The molecule has 2 aromatic rings. The summed E-state index contributed by atoms with van der Waals surface area (Å²) in [6.07, 6.45) is 6.30. The van der Waals surface area contributed by atoms with Gasteiger partial charge in [0.25, 0.3) is 0 Å². The van der Waals surface area contributed by atoms with E-state index < -0.39 is 36.8 Å². The van der Waals surface area contributed by atoms with Gasteiger partial charge in [0.05, 0.1) is 110 Å². The Morgan fingerprint density at radius 2 is 1.33 bits per heavy atom. The number of Topliss-reactive ketones (excluding diaryl/α,β-unsaturated/α-hetero) is 1. The van der Waals surface area contributed by atoms with Gasteiger partial charge in [-0.05, 0) is 89.1 Å². The van der Waals surface area contributed by atoms with Gasteiger partial charge >= 0.3 is 0 Å². The molecule has 0 saturated carbocycles. The molecule has 69 heavy (non-hydrogen) atoms. The summed E-state index contributed by atoms with van der Waals surface area (Å²) in [5, 5.41) is 0.0426. The minimum absolute atomic E-state index is 0.0139. The molecule has 0 aromatic heterocycles. The van der Waals surface area contributed by atoms with Crippen molar-refractivity contribution in [3.8, 4) is 0 Å². The van der Waals surface area contributed by atoms with E-state index in [0.717, 1.165) is 50.5 Å². The third-order valence-electron chi connectivity index (χ3n) is 18.1. The summed E-state index contributed by atoms with van der Waals surface area (Å²) in [5.41, 5.74) is -0.136. The van der Waals surface area contributed by atoms with Crippen molar-refractivity contribution in [1.82, 2.24) is 0 Å². The summed E-state index contributed by atoms with van der Waals surface area (Å²) in [6.45, 7) is 22.0. The van der Waals surface area contributed by atoms with E-state index in [9.17, 15) is 4.79 Å². The topological polar surface area (TPSA) is 119 Å². The Morgan fingerprint density at radius 1 is 0.652 bits per heavy atom. The molecule has 0 amide bonds. The molecule has 10 rings (SSSR count). The van der Waals surface area contributed by atoms with E-state index in [2.05, 4.69) is 110 Å². The lowest BCUT2D eigenvalue weighted by atomic mass is 9.72. The Labute approximate surface area is 412 Å². The van der Waals surface area contributed by atoms with Gasteiger partial charge in [-0.3, -0.25) is 4.79 Å². The predicted octanol–water partition coefficient (Wildman–Crippen LogP) is 9.76. The second-order valence-electron chi connectivity index (χ2n) is 24.4. The SMILES string of the molecule is CC(C)(C)[Si](C)(C)OC[C@H]1O[C@H]2C[C@H]3O[C@H]4CC[C@H]5O[C@H]6C[C@@]7(C)O[C@@]8(C)[C@@H](OCc9ccccc9)C[C@H](CCCOCc9ccccc9)O[C@@H]8C[C@@H]7O[C@@H]6C[C@@H]5O[C@]4(C)C[C@]3(C)O[C@@H]2CCC1=O. The largest absolute Gasteiger partial charge is 0.414 e. The van der Waals surface area contributed by atoms with E-state index in [-0.39, 0.29) is 84.1 Å². The third kappa shape index (κ3) is 10.4. The maximum Gasteiger partial charge on any atom is 0.192 e. The van der Waals surface area contributed by atoms with Crippen LogP contribution in [-0.4, -0.2) is 129 Å². The molecule has 8 fully saturated rings. The van der Waals surface area contributed by atoms with E-state index in [4.69, 9.17) is 51.8 Å². The molecule has 0 aliphatic carbocycles. The van der Waals surface area contributed by atoms with Gasteiger partial charge in [0.1, 0.15) is 11.7 Å². The van der Waals surface area contributed by atoms with Crippen molar-refractivity contribution in [1.29, 1.82) is 0 Å². The Bertz CT molecular complexity index is 2070. The monoisotopic (exact) mass is 975 g/mol. The highest BCUT2D eigenvalue weighted by Crippen LogP contribution is 2.54. The molecule has 8 aliphatic heterocycles. The molecule has 0 bridgehead atoms. The predicted molar refractivity (Wildman–Crippen MR) is 262 cm³/mol. The molecule has 8 aliphatic rings. The lowest BCUT2D eigenvalue weighted by Crippen LogP contribution is -2.72. The molecule has 2 aromatic carbocycles. The summed E-state index contributed by atoms with van der Waals surface area (Å²) >= 11 is 0. The zero-order valence-electron chi connectivity index (χ0n) is 43.0. The normalized spacial score (nSPS) is 43.3. The first-order valence-corrected chi connectivity index (χ1v) is 29.5. The second kappa shape index (κ2) is 19.6. The third-order valence-corrected chi connectivity index (χ3v) is 22.6. The van der Waals surface area contributed by atoms with Gasteiger partial charge in [-0.25, -0.2) is 0 Å². The van der Waals surface area contributed by atoms with Crippen LogP contribution in [0.5, 0.6) is 0 Å². The van der Waals surface area contributed by atoms with Crippen molar-refractivity contribution in [3.63, 3.8) is 0 Å². The van der Waals surface area contributed by atoms with Crippen molar-refractivity contribution < 1.29 is 56.6 Å². The first-order chi connectivity index (χ1) is 32.8. The number of carbonyl (C=O) groups is 1. The lowest BCUT2D eigenvalue weighted by molar-refractivity contribution is -0.373. The lowest BCUT2D eigenvalue weighted by Gasteiger charge is -2.62. The van der Waals surface area contributed by atoms with Crippen LogP contribution in [0.3, 0.4) is 0 Å². The zero-order valence-corrected chi connectivity index (χ0v) is 44.0. The maximum atomic E-state index is 13.5. The smallest absolute Gasteiger partial charge is 0.192 e. The van der Waals surface area contributed by atoms with Crippen LogP contribution in [-0.2, 0) is 69.8 Å². The minimum Gasteiger partial charge on any atom is -0.414 e. The molecule has 0 N–H and O–H groups in total. The number of benzene rings is 2. The number of rotatable bonds is 12. The van der Waals surface area contributed by atoms with Crippen molar-refractivity contribution >= 4 is 14.1 Å². The highest BCUT2D eigenvalue weighted by Gasteiger charge is 2.65. The number of ketones is 1. The van der Waals surface area contributed by atoms with Gasteiger partial charge in [-0.1, -0.05) is 81.4 Å². The number of fused-ring (bicyclic) bond motifs is 7. The molecule has 8 heterocycles. The van der Waals surface area contributed by atoms with Gasteiger partial charge in [0.2, 0.25) is 0 Å². The number of hydrogen-bond donors (Lipinski definition) is 0. The maximum absolute atomic E-state index is 13.5. The van der Waals surface area contributed by atoms with Crippen LogP contribution >= 0.6 is 0 Å². The summed E-state index contributed by atoms with van der Waals surface area (Å²) < 4.78 is 76.3. The van der Waals surface area contributed by atoms with Crippen molar-refractivity contribution in [2.45, 2.75) is 259 Å². The molecule has 382 valence electrons. The number of ether oxygens (including phenoxy) is 10.